The maximum atomic E-state index is 12.6. The van der Waals surface area contributed by atoms with E-state index >= 15 is 0 Å². The van der Waals surface area contributed by atoms with E-state index in [-0.39, 0.29) is 29.2 Å². The fraction of sp³-hybridized carbons (Fsp3) is 0.286. The van der Waals surface area contributed by atoms with Crippen molar-refractivity contribution in [2.24, 2.45) is 5.14 Å². The number of aryl methyl sites for hydroxylation is 1. The van der Waals surface area contributed by atoms with Crippen LogP contribution in [-0.2, 0) is 34.3 Å². The molecule has 3 N–H and O–H groups in total. The molecule has 31 heavy (non-hydrogen) atoms. The number of hydrogen-bond donors (Lipinski definition) is 2. The van der Waals surface area contributed by atoms with Crippen LogP contribution in [0.1, 0.15) is 39.0 Å². The molecule has 0 saturated heterocycles. The number of rotatable bonds is 6. The molecule has 1 aliphatic rings. The summed E-state index contributed by atoms with van der Waals surface area (Å²) in [7, 11) is -3.71. The zero-order chi connectivity index (χ0) is 22.0. The molecule has 0 spiro atoms. The number of nitrogens with one attached hydrogen (secondary N) is 1. The van der Waals surface area contributed by atoms with Gasteiger partial charge in [0.1, 0.15) is 6.10 Å². The molecule has 2 aromatic carbocycles. The quantitative estimate of drug-likeness (QED) is 0.596. The molecular weight excluding hydrogens is 418 g/mol. The number of primary sulfonamides is 1. The third kappa shape index (κ3) is 4.82. The van der Waals surface area contributed by atoms with Crippen molar-refractivity contribution < 1.29 is 17.9 Å². The van der Waals surface area contributed by atoms with Crippen molar-refractivity contribution in [2.75, 3.05) is 6.54 Å². The Morgan fingerprint density at radius 1 is 1.19 bits per heavy atom. The number of hydrogen-bond acceptors (Lipinski definition) is 6. The Morgan fingerprint density at radius 2 is 1.90 bits per heavy atom. The predicted molar refractivity (Wildman–Crippen MR) is 113 cm³/mol. The van der Waals surface area contributed by atoms with Crippen molar-refractivity contribution in [3.05, 3.63) is 76.6 Å². The highest BCUT2D eigenvalue weighted by Crippen LogP contribution is 2.27. The lowest BCUT2D eigenvalue weighted by Crippen LogP contribution is -2.29. The number of fused-ring (bicyclic) bond motifs is 1. The van der Waals surface area contributed by atoms with Gasteiger partial charge in [-0.2, -0.15) is 0 Å². The van der Waals surface area contributed by atoms with Crippen LogP contribution in [0.15, 0.2) is 53.4 Å². The van der Waals surface area contributed by atoms with E-state index in [1.54, 1.807) is 16.8 Å². The Balaban J connectivity index is 1.35. The second-order valence-corrected chi connectivity index (χ2v) is 9.03. The molecule has 0 saturated carbocycles. The molecule has 4 rings (SSSR count). The van der Waals surface area contributed by atoms with E-state index < -0.39 is 10.0 Å². The van der Waals surface area contributed by atoms with Crippen molar-refractivity contribution in [2.45, 2.75) is 37.5 Å². The second kappa shape index (κ2) is 8.58. The van der Waals surface area contributed by atoms with Gasteiger partial charge < -0.3 is 10.1 Å². The third-order valence-corrected chi connectivity index (χ3v) is 6.14. The summed E-state index contributed by atoms with van der Waals surface area (Å²) in [4.78, 5) is 12.6. The predicted octanol–water partition coefficient (Wildman–Crippen LogP) is 1.48. The summed E-state index contributed by atoms with van der Waals surface area (Å²) in [5, 5.41) is 16.1. The Labute approximate surface area is 180 Å². The van der Waals surface area contributed by atoms with Gasteiger partial charge >= 0.3 is 0 Å². The minimum Gasteiger partial charge on any atom is -0.365 e. The first-order valence-electron chi connectivity index (χ1n) is 9.82. The highest BCUT2D eigenvalue weighted by atomic mass is 32.2. The lowest BCUT2D eigenvalue weighted by Gasteiger charge is -2.24. The van der Waals surface area contributed by atoms with E-state index in [0.717, 1.165) is 11.1 Å². The van der Waals surface area contributed by atoms with Gasteiger partial charge in [0, 0.05) is 6.54 Å². The molecule has 2 heterocycles. The van der Waals surface area contributed by atoms with E-state index in [4.69, 9.17) is 9.88 Å². The fourth-order valence-corrected chi connectivity index (χ4v) is 3.94. The molecule has 1 atom stereocenters. The Hall–Kier alpha value is -3.08. The lowest BCUT2D eigenvalue weighted by atomic mass is 10.1. The molecule has 3 aromatic rings. The molecular formula is C21H23N5O4S. The molecule has 1 aliphatic heterocycles. The molecule has 0 aliphatic carbocycles. The Morgan fingerprint density at radius 3 is 2.58 bits per heavy atom. The maximum Gasteiger partial charge on any atom is 0.273 e. The first-order valence-corrected chi connectivity index (χ1v) is 11.4. The third-order valence-electron chi connectivity index (χ3n) is 5.21. The minimum absolute atomic E-state index is 0.0555. The summed E-state index contributed by atoms with van der Waals surface area (Å²) in [5.74, 6) is -0.320. The van der Waals surface area contributed by atoms with Crippen molar-refractivity contribution in [3.8, 4) is 0 Å². The van der Waals surface area contributed by atoms with Gasteiger partial charge in [-0.05, 0) is 36.6 Å². The van der Waals surface area contributed by atoms with Gasteiger partial charge in [0.25, 0.3) is 5.91 Å². The normalized spacial score (nSPS) is 16.0. The largest absolute Gasteiger partial charge is 0.365 e. The Kier molecular flexibility index (Phi) is 5.86. The molecule has 10 heteroatoms. The molecule has 0 radical (unpaired) electrons. The van der Waals surface area contributed by atoms with Crippen molar-refractivity contribution in [3.63, 3.8) is 0 Å². The number of nitrogens with two attached hydrogens (primary N) is 1. The number of amides is 1. The van der Waals surface area contributed by atoms with E-state index in [1.165, 1.54) is 17.7 Å². The van der Waals surface area contributed by atoms with Crippen LogP contribution in [0.4, 0.5) is 0 Å². The second-order valence-electron chi connectivity index (χ2n) is 7.47. The molecule has 0 fully saturated rings. The van der Waals surface area contributed by atoms with Gasteiger partial charge in [-0.25, -0.2) is 18.2 Å². The summed E-state index contributed by atoms with van der Waals surface area (Å²) in [5.41, 5.74) is 4.03. The molecule has 1 amide bonds. The monoisotopic (exact) mass is 441 g/mol. The van der Waals surface area contributed by atoms with E-state index in [2.05, 4.69) is 15.6 Å². The molecule has 1 aromatic heterocycles. The van der Waals surface area contributed by atoms with Crippen LogP contribution in [0, 0.1) is 6.92 Å². The number of aromatic nitrogens is 3. The van der Waals surface area contributed by atoms with Crippen LogP contribution in [0.25, 0.3) is 0 Å². The number of nitrogens with zero attached hydrogens (tertiary/aromatic N) is 3. The van der Waals surface area contributed by atoms with Gasteiger partial charge in [-0.3, -0.25) is 4.79 Å². The van der Waals surface area contributed by atoms with E-state index in [1.807, 2.05) is 31.2 Å². The first-order chi connectivity index (χ1) is 14.8. The lowest BCUT2D eigenvalue weighted by molar-refractivity contribution is -0.00177. The van der Waals surface area contributed by atoms with Gasteiger partial charge in [-0.1, -0.05) is 47.2 Å². The van der Waals surface area contributed by atoms with Gasteiger partial charge in [0.15, 0.2) is 5.69 Å². The molecule has 9 nitrogen and oxygen atoms in total. The van der Waals surface area contributed by atoms with Crippen LogP contribution in [0.3, 0.4) is 0 Å². The SMILES string of the molecule is Cc1ccc([C@@H]2Cn3nnc(C(=O)NCCc4ccc(S(N)(=O)=O)cc4)c3CO2)cc1. The van der Waals surface area contributed by atoms with Crippen LogP contribution >= 0.6 is 0 Å². The summed E-state index contributed by atoms with van der Waals surface area (Å²) in [6, 6.07) is 14.4. The molecule has 162 valence electrons. The van der Waals surface area contributed by atoms with Crippen LogP contribution in [-0.4, -0.2) is 35.9 Å². The summed E-state index contributed by atoms with van der Waals surface area (Å²) < 4.78 is 30.3. The topological polar surface area (TPSA) is 129 Å². The van der Waals surface area contributed by atoms with Crippen molar-refractivity contribution in [1.82, 2.24) is 20.3 Å². The molecule has 0 unspecified atom stereocenters. The zero-order valence-corrected chi connectivity index (χ0v) is 17.8. The number of benzene rings is 2. The Bertz CT molecular complexity index is 1190. The summed E-state index contributed by atoms with van der Waals surface area (Å²) in [6.07, 6.45) is 0.401. The average Bonchev–Trinajstić information content (AvgIpc) is 3.17. The zero-order valence-electron chi connectivity index (χ0n) is 17.0. The number of carbonyl (C=O) groups excluding carboxylic acids is 1. The minimum atomic E-state index is -3.71. The maximum absolute atomic E-state index is 12.6. The summed E-state index contributed by atoms with van der Waals surface area (Å²) >= 11 is 0. The van der Waals surface area contributed by atoms with Crippen molar-refractivity contribution >= 4 is 15.9 Å². The number of ether oxygens (including phenoxy) is 1. The highest BCUT2D eigenvalue weighted by molar-refractivity contribution is 7.89. The van der Waals surface area contributed by atoms with Crippen LogP contribution < -0.4 is 10.5 Å². The van der Waals surface area contributed by atoms with Crippen LogP contribution in [0.2, 0.25) is 0 Å². The van der Waals surface area contributed by atoms with Crippen LogP contribution in [0.5, 0.6) is 0 Å². The number of sulfonamides is 1. The smallest absolute Gasteiger partial charge is 0.273 e. The van der Waals surface area contributed by atoms with E-state index in [9.17, 15) is 13.2 Å². The van der Waals surface area contributed by atoms with Gasteiger partial charge in [-0.15, -0.1) is 5.10 Å². The number of carbonyl (C=O) groups is 1. The van der Waals surface area contributed by atoms with Gasteiger partial charge in [0.2, 0.25) is 10.0 Å². The van der Waals surface area contributed by atoms with E-state index in [0.29, 0.717) is 25.2 Å². The van der Waals surface area contributed by atoms with Gasteiger partial charge in [0.05, 0.1) is 23.7 Å². The average molecular weight is 442 g/mol. The standard InChI is InChI=1S/C21H23N5O4S/c1-14-2-6-16(7-3-14)19-12-26-18(13-30-19)20(24-25-26)21(27)23-11-10-15-4-8-17(9-5-15)31(22,28)29/h2-9,19H,10-13H2,1H3,(H,23,27)(H2,22,28,29)/t19-/m0/s1. The summed E-state index contributed by atoms with van der Waals surface area (Å²) in [6.45, 7) is 3.15. The first kappa shape index (κ1) is 21.2. The highest BCUT2D eigenvalue weighted by Gasteiger charge is 2.27. The fourth-order valence-electron chi connectivity index (χ4n) is 3.42. The van der Waals surface area contributed by atoms with Crippen molar-refractivity contribution in [1.29, 1.82) is 0 Å². The molecule has 0 bridgehead atoms.